The van der Waals surface area contributed by atoms with Crippen LogP contribution in [0.4, 0.5) is 0 Å². The van der Waals surface area contributed by atoms with Crippen LogP contribution in [0, 0.1) is 5.92 Å². The van der Waals surface area contributed by atoms with E-state index in [1.165, 1.54) is 83.5 Å². The van der Waals surface area contributed by atoms with E-state index in [0.29, 0.717) is 26.1 Å². The molecule has 2 atom stereocenters. The lowest BCUT2D eigenvalue weighted by Crippen LogP contribution is -2.20. The average molecular weight is 506 g/mol. The van der Waals surface area contributed by atoms with E-state index in [-0.39, 0.29) is 18.3 Å². The molecule has 6 nitrogen and oxygen atoms in total. The van der Waals surface area contributed by atoms with Crippen molar-refractivity contribution in [3.63, 3.8) is 0 Å². The zero-order chi connectivity index (χ0) is 25.3. The van der Waals surface area contributed by atoms with Crippen molar-refractivity contribution in [2.24, 2.45) is 5.92 Å². The van der Waals surface area contributed by atoms with Gasteiger partial charge in [-0.05, 0) is 20.5 Å². The fourth-order valence-electron chi connectivity index (χ4n) is 3.79. The van der Waals surface area contributed by atoms with E-state index in [9.17, 15) is 9.69 Å². The lowest BCUT2D eigenvalue weighted by molar-refractivity contribution is -0.120. The van der Waals surface area contributed by atoms with E-state index in [2.05, 4.69) is 6.92 Å². The van der Waals surface area contributed by atoms with Crippen LogP contribution in [0.1, 0.15) is 117 Å². The highest BCUT2D eigenvalue weighted by atomic mass is 31.2. The monoisotopic (exact) mass is 505 g/mol. The zero-order valence-corrected chi connectivity index (χ0v) is 23.8. The summed E-state index contributed by atoms with van der Waals surface area (Å²) in [5, 5.41) is 0. The summed E-state index contributed by atoms with van der Waals surface area (Å²) in [6.45, 7) is 6.79. The van der Waals surface area contributed by atoms with E-state index in [4.69, 9.17) is 13.8 Å². The largest absolute Gasteiger partial charge is 0.381 e. The Morgan fingerprint density at radius 1 is 0.765 bits per heavy atom. The molecule has 0 aromatic heterocycles. The highest BCUT2D eigenvalue weighted by molar-refractivity contribution is 7.40. The quantitative estimate of drug-likeness (QED) is 0.0934. The van der Waals surface area contributed by atoms with Crippen LogP contribution in [0.5, 0.6) is 0 Å². The van der Waals surface area contributed by atoms with Gasteiger partial charge in [0.25, 0.3) is 0 Å². The van der Waals surface area contributed by atoms with Crippen molar-refractivity contribution in [2.75, 3.05) is 47.1 Å². The Balaban J connectivity index is 3.68. The third-order valence-corrected chi connectivity index (χ3v) is 6.84. The summed E-state index contributed by atoms with van der Waals surface area (Å²) >= 11 is 0. The number of rotatable bonds is 27. The molecule has 7 heteroatoms. The molecule has 1 N–H and O–H groups in total. The molecule has 0 aliphatic rings. The zero-order valence-electron chi connectivity index (χ0n) is 22.9. The van der Waals surface area contributed by atoms with Crippen molar-refractivity contribution in [3.05, 3.63) is 0 Å². The van der Waals surface area contributed by atoms with E-state index >= 15 is 0 Å². The molecule has 0 fully saturated rings. The number of nitrogens with zero attached hydrogens (tertiary/aromatic N) is 1. The van der Waals surface area contributed by atoms with Crippen LogP contribution in [0.2, 0.25) is 0 Å². The number of carbonyl (C=O) groups excluding carboxylic acids is 1. The molecule has 0 saturated carbocycles. The maximum Gasteiger partial charge on any atom is 0.329 e. The van der Waals surface area contributed by atoms with E-state index in [1.54, 1.807) is 0 Å². The maximum atomic E-state index is 11.9. The van der Waals surface area contributed by atoms with Crippen LogP contribution < -0.4 is 0 Å². The second-order valence-electron chi connectivity index (χ2n) is 9.80. The van der Waals surface area contributed by atoms with Crippen LogP contribution in [0.3, 0.4) is 0 Å². The number of hydrogen-bond donors (Lipinski definition) is 1. The number of carbonyl (C=O) groups is 1. The Morgan fingerprint density at radius 2 is 1.29 bits per heavy atom. The van der Waals surface area contributed by atoms with Crippen LogP contribution in [-0.2, 0) is 18.6 Å². The third-order valence-electron chi connectivity index (χ3n) is 6.07. The second-order valence-corrected chi connectivity index (χ2v) is 10.8. The number of unbranched alkanes of at least 4 members (excludes halogenated alkanes) is 13. The first-order chi connectivity index (χ1) is 16.5. The molecule has 2 unspecified atom stereocenters. The molecule has 0 heterocycles. The molecule has 204 valence electrons. The third kappa shape index (κ3) is 25.0. The van der Waals surface area contributed by atoms with Gasteiger partial charge in [0, 0.05) is 31.9 Å². The molecule has 0 aromatic carbocycles. The minimum absolute atomic E-state index is 0.0336. The van der Waals surface area contributed by atoms with Crippen LogP contribution in [-0.4, -0.2) is 62.6 Å². The predicted molar refractivity (Wildman–Crippen MR) is 144 cm³/mol. The Hall–Kier alpha value is -0.100. The number of ether oxygens (including phenoxy) is 1. The SMILES string of the molecule is CCCCCCCCCCCCCCCCOCC(COP(O)OCCN(C)C)CC(=O)CC. The lowest BCUT2D eigenvalue weighted by Gasteiger charge is -2.19. The summed E-state index contributed by atoms with van der Waals surface area (Å²) < 4.78 is 16.6. The first-order valence-electron chi connectivity index (χ1n) is 14.0. The predicted octanol–water partition coefficient (Wildman–Crippen LogP) is 7.28. The summed E-state index contributed by atoms with van der Waals surface area (Å²) in [6, 6.07) is 0. The van der Waals surface area contributed by atoms with Crippen LogP contribution in [0.15, 0.2) is 0 Å². The Morgan fingerprint density at radius 3 is 1.79 bits per heavy atom. The fraction of sp³-hybridized carbons (Fsp3) is 0.963. The van der Waals surface area contributed by atoms with Gasteiger partial charge in [-0.2, -0.15) is 0 Å². The molecule has 34 heavy (non-hydrogen) atoms. The summed E-state index contributed by atoms with van der Waals surface area (Å²) in [7, 11) is 1.99. The standard InChI is InChI=1S/C27H56NO5P/c1-5-7-8-9-10-11-12-13-14-15-16-17-18-19-21-31-24-26(23-27(29)6-2)25-33-34(30)32-22-20-28(3)4/h26,30H,5-25H2,1-4H3. The molecular formula is C27H56NO5P. The van der Waals surface area contributed by atoms with Gasteiger partial charge >= 0.3 is 8.60 Å². The van der Waals surface area contributed by atoms with Crippen molar-refractivity contribution in [1.29, 1.82) is 0 Å². The van der Waals surface area contributed by atoms with Gasteiger partial charge in [-0.25, -0.2) is 0 Å². The van der Waals surface area contributed by atoms with Crippen molar-refractivity contribution >= 4 is 14.4 Å². The van der Waals surface area contributed by atoms with Gasteiger partial charge in [0.2, 0.25) is 0 Å². The summed E-state index contributed by atoms with van der Waals surface area (Å²) in [6.07, 6.45) is 19.8. The minimum Gasteiger partial charge on any atom is -0.381 e. The van der Waals surface area contributed by atoms with Gasteiger partial charge in [0.05, 0.1) is 19.8 Å². The van der Waals surface area contributed by atoms with E-state index in [1.807, 2.05) is 25.9 Å². The molecule has 0 spiro atoms. The maximum absolute atomic E-state index is 11.9. The fourth-order valence-corrected chi connectivity index (χ4v) is 4.44. The summed E-state index contributed by atoms with van der Waals surface area (Å²) in [5.74, 6) is 0.165. The highest BCUT2D eigenvalue weighted by Crippen LogP contribution is 2.33. The highest BCUT2D eigenvalue weighted by Gasteiger charge is 2.17. The Labute approximate surface area is 212 Å². The summed E-state index contributed by atoms with van der Waals surface area (Å²) in [4.78, 5) is 23.8. The molecule has 0 amide bonds. The van der Waals surface area contributed by atoms with Gasteiger partial charge in [0.15, 0.2) is 0 Å². The van der Waals surface area contributed by atoms with Gasteiger partial charge in [0.1, 0.15) is 5.78 Å². The molecule has 0 aliphatic heterocycles. The van der Waals surface area contributed by atoms with Gasteiger partial charge in [-0.15, -0.1) is 0 Å². The van der Waals surface area contributed by atoms with E-state index < -0.39 is 8.60 Å². The first kappa shape index (κ1) is 33.9. The Bertz CT molecular complexity index is 439. The topological polar surface area (TPSA) is 68.2 Å². The number of likely N-dealkylation sites (N-methyl/N-ethyl adjacent to an activating group) is 1. The van der Waals surface area contributed by atoms with Crippen LogP contribution >= 0.6 is 8.60 Å². The van der Waals surface area contributed by atoms with Crippen LogP contribution in [0.25, 0.3) is 0 Å². The van der Waals surface area contributed by atoms with Gasteiger partial charge in [-0.1, -0.05) is 97.3 Å². The molecule has 0 aliphatic carbocycles. The lowest BCUT2D eigenvalue weighted by atomic mass is 10.0. The minimum atomic E-state index is -1.91. The van der Waals surface area contributed by atoms with E-state index in [0.717, 1.165) is 19.6 Å². The molecule has 0 radical (unpaired) electrons. The molecule has 0 rings (SSSR count). The number of Topliss-reactive ketones (excluding diaryl/α,β-unsaturated/α-hetero) is 1. The second kappa shape index (κ2) is 26.0. The average Bonchev–Trinajstić information content (AvgIpc) is 2.81. The van der Waals surface area contributed by atoms with Gasteiger partial charge in [-0.3, -0.25) is 4.79 Å². The normalized spacial score (nSPS) is 13.5. The smallest absolute Gasteiger partial charge is 0.329 e. The van der Waals surface area contributed by atoms with Crippen molar-refractivity contribution < 1.29 is 23.5 Å². The molecule has 0 bridgehead atoms. The Kier molecular flexibility index (Phi) is 25.9. The van der Waals surface area contributed by atoms with Crippen molar-refractivity contribution in [2.45, 2.75) is 117 Å². The number of ketones is 1. The van der Waals surface area contributed by atoms with Crippen molar-refractivity contribution in [1.82, 2.24) is 4.90 Å². The molecule has 0 aromatic rings. The molecular weight excluding hydrogens is 449 g/mol. The van der Waals surface area contributed by atoms with Crippen molar-refractivity contribution in [3.8, 4) is 0 Å². The molecule has 0 saturated heterocycles. The van der Waals surface area contributed by atoms with Gasteiger partial charge < -0.3 is 23.6 Å². The number of hydrogen-bond acceptors (Lipinski definition) is 6. The summed E-state index contributed by atoms with van der Waals surface area (Å²) in [5.41, 5.74) is 0. The first-order valence-corrected chi connectivity index (χ1v) is 15.1.